The number of hydrogen-bond acceptors (Lipinski definition) is 8. The maximum Gasteiger partial charge on any atom is 0.273 e. The van der Waals surface area contributed by atoms with Gasteiger partial charge < -0.3 is 25.9 Å². The minimum absolute atomic E-state index is 0.0106. The molecule has 0 spiro atoms. The number of nitrogen functional groups attached to an aromatic ring is 1. The Labute approximate surface area is 206 Å². The lowest BCUT2D eigenvalue weighted by Crippen LogP contribution is -2.46. The molecule has 1 saturated carbocycles. The number of aryl methyl sites for hydroxylation is 1. The molecular formula is C24H27N5O5S. The van der Waals surface area contributed by atoms with Gasteiger partial charge in [-0.2, -0.15) is 4.37 Å². The fourth-order valence-corrected chi connectivity index (χ4v) is 4.95. The molecule has 3 aromatic rings. The van der Waals surface area contributed by atoms with Crippen LogP contribution in [0.2, 0.25) is 0 Å². The molecule has 1 unspecified atom stereocenters. The van der Waals surface area contributed by atoms with Crippen LogP contribution in [0.1, 0.15) is 63.4 Å². The molecule has 0 saturated heterocycles. The summed E-state index contributed by atoms with van der Waals surface area (Å²) in [7, 11) is 1.51. The van der Waals surface area contributed by atoms with Gasteiger partial charge >= 0.3 is 0 Å². The topological polar surface area (TPSA) is 154 Å². The summed E-state index contributed by atoms with van der Waals surface area (Å²) in [6.45, 7) is 1.76. The smallest absolute Gasteiger partial charge is 0.273 e. The van der Waals surface area contributed by atoms with E-state index in [9.17, 15) is 14.4 Å². The number of nitrogens with zero attached hydrogens (tertiary/aromatic N) is 2. The van der Waals surface area contributed by atoms with Crippen molar-refractivity contribution in [2.45, 2.75) is 44.7 Å². The molecule has 184 valence electrons. The minimum atomic E-state index is -1.15. The summed E-state index contributed by atoms with van der Waals surface area (Å²) in [4.78, 5) is 40.7. The average molecular weight is 498 g/mol. The van der Waals surface area contributed by atoms with Crippen LogP contribution in [0.25, 0.3) is 0 Å². The van der Waals surface area contributed by atoms with Crippen LogP contribution in [0, 0.1) is 6.92 Å². The van der Waals surface area contributed by atoms with Gasteiger partial charge in [0, 0.05) is 17.8 Å². The summed E-state index contributed by atoms with van der Waals surface area (Å²) in [6, 6.07) is 9.00. The van der Waals surface area contributed by atoms with Crippen molar-refractivity contribution in [3.63, 3.8) is 0 Å². The van der Waals surface area contributed by atoms with Gasteiger partial charge in [-0.25, -0.2) is 0 Å². The zero-order chi connectivity index (χ0) is 25.1. The highest BCUT2D eigenvalue weighted by Gasteiger charge is 2.38. The van der Waals surface area contributed by atoms with Gasteiger partial charge in [0.2, 0.25) is 0 Å². The third-order valence-corrected chi connectivity index (χ3v) is 6.80. The van der Waals surface area contributed by atoms with E-state index in [0.29, 0.717) is 17.2 Å². The highest BCUT2D eigenvalue weighted by Crippen LogP contribution is 2.35. The van der Waals surface area contributed by atoms with Crippen molar-refractivity contribution in [1.29, 1.82) is 0 Å². The number of aromatic nitrogens is 1. The van der Waals surface area contributed by atoms with E-state index in [1.807, 2.05) is 0 Å². The van der Waals surface area contributed by atoms with Gasteiger partial charge in [-0.05, 0) is 55.6 Å². The van der Waals surface area contributed by atoms with Crippen molar-refractivity contribution >= 4 is 40.6 Å². The molecule has 10 nitrogen and oxygen atoms in total. The Kier molecular flexibility index (Phi) is 7.06. The van der Waals surface area contributed by atoms with E-state index >= 15 is 0 Å². The molecule has 0 radical (unpaired) electrons. The fourth-order valence-electron chi connectivity index (χ4n) is 4.21. The fraction of sp³-hybridized carbons (Fsp3) is 0.333. The van der Waals surface area contributed by atoms with Gasteiger partial charge in [-0.1, -0.05) is 18.9 Å². The van der Waals surface area contributed by atoms with Gasteiger partial charge in [0.1, 0.15) is 22.1 Å². The second-order valence-electron chi connectivity index (χ2n) is 8.36. The summed E-state index contributed by atoms with van der Waals surface area (Å²) in [5.41, 5.74) is 11.5. The number of anilines is 2. The number of carbonyl (C=O) groups excluding carboxylic acids is 3. The number of amides is 3. The Bertz CT molecular complexity index is 1250. The number of primary amides is 1. The van der Waals surface area contributed by atoms with Crippen LogP contribution in [0.5, 0.6) is 5.75 Å². The van der Waals surface area contributed by atoms with Crippen molar-refractivity contribution in [3.05, 3.63) is 58.5 Å². The maximum absolute atomic E-state index is 14.0. The van der Waals surface area contributed by atoms with Crippen LogP contribution in [0.4, 0.5) is 11.4 Å². The molecule has 4 rings (SSSR count). The molecule has 2 heterocycles. The molecule has 35 heavy (non-hydrogen) atoms. The summed E-state index contributed by atoms with van der Waals surface area (Å²) >= 11 is 0.747. The number of benzene rings is 1. The highest BCUT2D eigenvalue weighted by molar-refractivity contribution is 7.09. The predicted molar refractivity (Wildman–Crippen MR) is 131 cm³/mol. The average Bonchev–Trinajstić information content (AvgIpc) is 3.58. The normalized spacial score (nSPS) is 14.5. The molecule has 1 aliphatic rings. The lowest BCUT2D eigenvalue weighted by molar-refractivity contribution is -0.123. The van der Waals surface area contributed by atoms with Gasteiger partial charge in [-0.3, -0.25) is 19.3 Å². The van der Waals surface area contributed by atoms with Crippen molar-refractivity contribution in [3.8, 4) is 5.75 Å². The number of furan rings is 1. The molecule has 2 aromatic heterocycles. The Morgan fingerprint density at radius 2 is 1.97 bits per heavy atom. The highest BCUT2D eigenvalue weighted by atomic mass is 32.1. The Morgan fingerprint density at radius 1 is 1.23 bits per heavy atom. The van der Waals surface area contributed by atoms with Crippen molar-refractivity contribution < 1.29 is 23.5 Å². The van der Waals surface area contributed by atoms with E-state index in [4.69, 9.17) is 20.6 Å². The van der Waals surface area contributed by atoms with Crippen LogP contribution < -0.4 is 26.4 Å². The van der Waals surface area contributed by atoms with E-state index < -0.39 is 17.9 Å². The predicted octanol–water partition coefficient (Wildman–Crippen LogP) is 3.18. The lowest BCUT2D eigenvalue weighted by atomic mass is 10.1. The molecule has 1 aromatic carbocycles. The standard InChI is InChI=1S/C24H27N5O5S/c1-13-10-11-17(34-13)20(23(31)27-14-6-3-4-7-14)29(15-8-5-9-16(12-15)33-2)24(32)21-18(25)19(22(26)30)28-35-21/h5,8-12,14,20H,3-4,6-7,25H2,1-2H3,(H2,26,30)(H,27,31). The third kappa shape index (κ3) is 4.99. The molecule has 0 bridgehead atoms. The van der Waals surface area contributed by atoms with Crippen molar-refractivity contribution in [1.82, 2.24) is 9.69 Å². The summed E-state index contributed by atoms with van der Waals surface area (Å²) < 4.78 is 15.2. The largest absolute Gasteiger partial charge is 0.497 e. The van der Waals surface area contributed by atoms with Gasteiger partial charge in [-0.15, -0.1) is 0 Å². The number of nitrogens with two attached hydrogens (primary N) is 2. The molecule has 3 amide bonds. The Morgan fingerprint density at radius 3 is 2.57 bits per heavy atom. The minimum Gasteiger partial charge on any atom is -0.497 e. The summed E-state index contributed by atoms with van der Waals surface area (Å²) in [6.07, 6.45) is 3.79. The van der Waals surface area contributed by atoms with E-state index in [1.165, 1.54) is 12.0 Å². The van der Waals surface area contributed by atoms with E-state index in [0.717, 1.165) is 37.2 Å². The number of carbonyl (C=O) groups is 3. The first-order chi connectivity index (χ1) is 16.8. The lowest BCUT2D eigenvalue weighted by Gasteiger charge is -2.30. The van der Waals surface area contributed by atoms with Crippen molar-refractivity contribution in [2.24, 2.45) is 5.73 Å². The molecule has 0 aliphatic heterocycles. The SMILES string of the molecule is COc1cccc(N(C(=O)c2snc(C(N)=O)c2N)C(C(=O)NC2CCCC2)c2ccc(C)o2)c1. The van der Waals surface area contributed by atoms with Gasteiger partial charge in [0.15, 0.2) is 11.7 Å². The van der Waals surface area contributed by atoms with Gasteiger partial charge in [0.25, 0.3) is 17.7 Å². The third-order valence-electron chi connectivity index (χ3n) is 5.94. The second kappa shape index (κ2) is 10.2. The second-order valence-corrected chi connectivity index (χ2v) is 9.13. The molecule has 1 fully saturated rings. The molecule has 11 heteroatoms. The number of nitrogens with one attached hydrogen (secondary N) is 1. The van der Waals surface area contributed by atoms with Crippen LogP contribution >= 0.6 is 11.5 Å². The molecule has 1 atom stereocenters. The Balaban J connectivity index is 1.85. The van der Waals surface area contributed by atoms with E-state index in [1.54, 1.807) is 43.3 Å². The van der Waals surface area contributed by atoms with Crippen LogP contribution in [0.15, 0.2) is 40.8 Å². The quantitative estimate of drug-likeness (QED) is 0.432. The van der Waals surface area contributed by atoms with Crippen LogP contribution in [-0.2, 0) is 4.79 Å². The number of hydrogen-bond donors (Lipinski definition) is 3. The number of methoxy groups -OCH3 is 1. The van der Waals surface area contributed by atoms with Crippen LogP contribution in [-0.4, -0.2) is 35.2 Å². The van der Waals surface area contributed by atoms with Gasteiger partial charge in [0.05, 0.1) is 12.8 Å². The summed E-state index contributed by atoms with van der Waals surface area (Å²) in [5.74, 6) is -0.497. The maximum atomic E-state index is 14.0. The zero-order valence-corrected chi connectivity index (χ0v) is 20.3. The number of rotatable bonds is 8. The molecular weight excluding hydrogens is 470 g/mol. The molecule has 1 aliphatic carbocycles. The summed E-state index contributed by atoms with van der Waals surface area (Å²) in [5, 5.41) is 3.07. The monoisotopic (exact) mass is 497 g/mol. The zero-order valence-electron chi connectivity index (χ0n) is 19.4. The number of ether oxygens (including phenoxy) is 1. The van der Waals surface area contributed by atoms with Crippen molar-refractivity contribution in [2.75, 3.05) is 17.7 Å². The first-order valence-electron chi connectivity index (χ1n) is 11.2. The van der Waals surface area contributed by atoms with E-state index in [2.05, 4.69) is 9.69 Å². The molecule has 5 N–H and O–H groups in total. The first-order valence-corrected chi connectivity index (χ1v) is 12.0. The first kappa shape index (κ1) is 24.3. The van der Waals surface area contributed by atoms with E-state index in [-0.39, 0.29) is 34.0 Å². The Hall–Kier alpha value is -3.86. The van der Waals surface area contributed by atoms with Crippen LogP contribution in [0.3, 0.4) is 0 Å².